The minimum Gasteiger partial charge on any atom is -0.468 e. The predicted molar refractivity (Wildman–Crippen MR) is 83.4 cm³/mol. The van der Waals surface area contributed by atoms with Crippen LogP contribution in [0, 0.1) is 23.0 Å². The van der Waals surface area contributed by atoms with Crippen LogP contribution in [0.3, 0.4) is 0 Å². The molecule has 1 N–H and O–H groups in total. The number of carbonyl (C=O) groups is 1. The highest BCUT2D eigenvalue weighted by Crippen LogP contribution is 2.22. The summed E-state index contributed by atoms with van der Waals surface area (Å²) in [5, 5.41) is 10.9. The van der Waals surface area contributed by atoms with Crippen LogP contribution in [-0.4, -0.2) is 32.5 Å². The van der Waals surface area contributed by atoms with Crippen LogP contribution in [0.5, 0.6) is 0 Å². The van der Waals surface area contributed by atoms with Gasteiger partial charge in [0.05, 0.1) is 16.9 Å². The van der Waals surface area contributed by atoms with E-state index in [1.807, 2.05) is 13.8 Å². The molecule has 0 aromatic heterocycles. The Balaban J connectivity index is 3.17. The van der Waals surface area contributed by atoms with Crippen molar-refractivity contribution in [1.82, 2.24) is 4.72 Å². The molecule has 0 spiro atoms. The number of benzene rings is 1. The van der Waals surface area contributed by atoms with Gasteiger partial charge in [-0.25, -0.2) is 8.42 Å². The first kappa shape index (κ1) is 19.0. The van der Waals surface area contributed by atoms with Crippen molar-refractivity contribution in [3.63, 3.8) is 0 Å². The number of nitrogens with one attached hydrogen (secondary N) is 1. The summed E-state index contributed by atoms with van der Waals surface area (Å²) >= 11 is 0. The van der Waals surface area contributed by atoms with Crippen LogP contribution >= 0.6 is 0 Å². The summed E-state index contributed by atoms with van der Waals surface area (Å²) in [5.74, 6) is -0.655. The van der Waals surface area contributed by atoms with Gasteiger partial charge in [0, 0.05) is 11.6 Å². The molecular formula is C14H20N2O6S. The molecule has 0 amide bonds. The Kier molecular flexibility index (Phi) is 6.22. The molecule has 0 heterocycles. The fourth-order valence-electron chi connectivity index (χ4n) is 2.01. The number of hydrogen-bond acceptors (Lipinski definition) is 6. The van der Waals surface area contributed by atoms with Gasteiger partial charge in [-0.2, -0.15) is 4.72 Å². The van der Waals surface area contributed by atoms with Crippen molar-refractivity contribution in [3.8, 4) is 0 Å². The smallest absolute Gasteiger partial charge is 0.323 e. The molecule has 0 saturated heterocycles. The van der Waals surface area contributed by atoms with E-state index in [0.717, 1.165) is 6.07 Å². The van der Waals surface area contributed by atoms with Crippen LogP contribution in [0.15, 0.2) is 23.1 Å². The van der Waals surface area contributed by atoms with E-state index in [4.69, 9.17) is 0 Å². The van der Waals surface area contributed by atoms with Gasteiger partial charge < -0.3 is 4.74 Å². The second-order valence-electron chi connectivity index (χ2n) is 5.53. The van der Waals surface area contributed by atoms with Gasteiger partial charge in [-0.05, 0) is 25.3 Å². The van der Waals surface area contributed by atoms with Crippen molar-refractivity contribution in [2.24, 2.45) is 5.92 Å². The summed E-state index contributed by atoms with van der Waals surface area (Å²) in [6.45, 7) is 5.18. The molecule has 128 valence electrons. The van der Waals surface area contributed by atoms with Gasteiger partial charge >= 0.3 is 5.97 Å². The molecule has 1 aromatic carbocycles. The summed E-state index contributed by atoms with van der Waals surface area (Å²) in [7, 11) is -2.92. The summed E-state index contributed by atoms with van der Waals surface area (Å²) in [4.78, 5) is 21.7. The number of carbonyl (C=O) groups excluding carboxylic acids is 1. The standard InChI is InChI=1S/C14H20N2O6S/c1-9(2)7-12(14(17)22-4)15-23(20,21)11-6-5-10(3)13(8-11)16(18)19/h5-6,8-9,12,15H,7H2,1-4H3/t12-/m0/s1. The van der Waals surface area contributed by atoms with E-state index in [1.165, 1.54) is 26.2 Å². The highest BCUT2D eigenvalue weighted by atomic mass is 32.2. The van der Waals surface area contributed by atoms with E-state index in [1.54, 1.807) is 0 Å². The van der Waals surface area contributed by atoms with Crippen LogP contribution in [0.2, 0.25) is 0 Å². The van der Waals surface area contributed by atoms with Crippen LogP contribution in [0.1, 0.15) is 25.8 Å². The molecule has 0 unspecified atom stereocenters. The van der Waals surface area contributed by atoms with Crippen molar-refractivity contribution in [3.05, 3.63) is 33.9 Å². The number of nitro benzene ring substituents is 1. The molecule has 8 nitrogen and oxygen atoms in total. The number of methoxy groups -OCH3 is 1. The molecule has 0 aliphatic heterocycles. The summed E-state index contributed by atoms with van der Waals surface area (Å²) in [6.07, 6.45) is 0.250. The average molecular weight is 344 g/mol. The minimum atomic E-state index is -4.09. The van der Waals surface area contributed by atoms with Crippen LogP contribution in [0.25, 0.3) is 0 Å². The zero-order valence-corrected chi connectivity index (χ0v) is 14.2. The monoisotopic (exact) mass is 344 g/mol. The molecule has 0 aliphatic carbocycles. The van der Waals surface area contributed by atoms with Crippen LogP contribution in [-0.2, 0) is 19.6 Å². The Morgan fingerprint density at radius 1 is 1.39 bits per heavy atom. The highest BCUT2D eigenvalue weighted by molar-refractivity contribution is 7.89. The van der Waals surface area contributed by atoms with Gasteiger partial charge in [0.15, 0.2) is 0 Å². The molecule has 0 aliphatic rings. The minimum absolute atomic E-state index is 0.0501. The number of sulfonamides is 1. The van der Waals surface area contributed by atoms with Gasteiger partial charge in [0.2, 0.25) is 10.0 Å². The lowest BCUT2D eigenvalue weighted by Gasteiger charge is -2.18. The number of nitro groups is 1. The molecule has 1 aromatic rings. The van der Waals surface area contributed by atoms with Gasteiger partial charge in [0.25, 0.3) is 5.69 Å². The number of ether oxygens (including phenoxy) is 1. The lowest BCUT2D eigenvalue weighted by molar-refractivity contribution is -0.385. The van der Waals surface area contributed by atoms with E-state index in [9.17, 15) is 23.3 Å². The number of rotatable bonds is 7. The van der Waals surface area contributed by atoms with Crippen molar-refractivity contribution in [2.45, 2.75) is 38.1 Å². The fourth-order valence-corrected chi connectivity index (χ4v) is 3.23. The largest absolute Gasteiger partial charge is 0.468 e. The number of esters is 1. The molecule has 0 fully saturated rings. The second-order valence-corrected chi connectivity index (χ2v) is 7.25. The van der Waals surface area contributed by atoms with Crippen LogP contribution < -0.4 is 4.72 Å². The first-order valence-electron chi connectivity index (χ1n) is 6.93. The van der Waals surface area contributed by atoms with Crippen LogP contribution in [0.4, 0.5) is 5.69 Å². The lowest BCUT2D eigenvalue weighted by Crippen LogP contribution is -2.42. The Morgan fingerprint density at radius 2 is 2.00 bits per heavy atom. The molecule has 0 saturated carbocycles. The molecule has 1 atom stereocenters. The third kappa shape index (κ3) is 5.00. The first-order valence-corrected chi connectivity index (χ1v) is 8.42. The molecule has 9 heteroatoms. The van der Waals surface area contributed by atoms with E-state index in [2.05, 4.69) is 9.46 Å². The van der Waals surface area contributed by atoms with Crippen molar-refractivity contribution in [2.75, 3.05) is 7.11 Å². The van der Waals surface area contributed by atoms with Crippen molar-refractivity contribution >= 4 is 21.7 Å². The number of nitrogens with zero attached hydrogens (tertiary/aromatic N) is 1. The molecule has 23 heavy (non-hydrogen) atoms. The Labute approximate surface area is 135 Å². The zero-order valence-electron chi connectivity index (χ0n) is 13.4. The molecular weight excluding hydrogens is 324 g/mol. The maximum atomic E-state index is 12.4. The van der Waals surface area contributed by atoms with Gasteiger partial charge in [0.1, 0.15) is 6.04 Å². The molecule has 0 radical (unpaired) electrons. The fraction of sp³-hybridized carbons (Fsp3) is 0.500. The van der Waals surface area contributed by atoms with Gasteiger partial charge in [-0.3, -0.25) is 14.9 Å². The summed E-state index contributed by atoms with van der Waals surface area (Å²) in [5.41, 5.74) is 0.0481. The normalized spacial score (nSPS) is 12.9. The summed E-state index contributed by atoms with van der Waals surface area (Å²) < 4.78 is 31.6. The Hall–Kier alpha value is -2.00. The molecule has 1 rings (SSSR count). The SMILES string of the molecule is COC(=O)[C@H](CC(C)C)NS(=O)(=O)c1ccc(C)c([N+](=O)[O-])c1. The molecule has 0 bridgehead atoms. The Morgan fingerprint density at radius 3 is 2.48 bits per heavy atom. The van der Waals surface area contributed by atoms with E-state index >= 15 is 0 Å². The third-order valence-corrected chi connectivity index (χ3v) is 4.65. The van der Waals surface area contributed by atoms with E-state index < -0.39 is 27.0 Å². The average Bonchev–Trinajstić information content (AvgIpc) is 2.44. The zero-order chi connectivity index (χ0) is 17.8. The third-order valence-electron chi connectivity index (χ3n) is 3.18. The lowest BCUT2D eigenvalue weighted by atomic mass is 10.1. The quantitative estimate of drug-likeness (QED) is 0.458. The predicted octanol–water partition coefficient (Wildman–Crippen LogP) is 1.77. The maximum Gasteiger partial charge on any atom is 0.323 e. The number of hydrogen-bond donors (Lipinski definition) is 1. The topological polar surface area (TPSA) is 116 Å². The van der Waals surface area contributed by atoms with Gasteiger partial charge in [-0.1, -0.05) is 19.9 Å². The van der Waals surface area contributed by atoms with E-state index in [-0.39, 0.29) is 22.9 Å². The highest BCUT2D eigenvalue weighted by Gasteiger charge is 2.28. The van der Waals surface area contributed by atoms with Crippen molar-refractivity contribution < 1.29 is 22.9 Å². The van der Waals surface area contributed by atoms with Gasteiger partial charge in [-0.15, -0.1) is 0 Å². The second kappa shape index (κ2) is 7.51. The van der Waals surface area contributed by atoms with E-state index in [0.29, 0.717) is 5.56 Å². The summed E-state index contributed by atoms with van der Waals surface area (Å²) in [6, 6.07) is 2.53. The van der Waals surface area contributed by atoms with Crippen molar-refractivity contribution in [1.29, 1.82) is 0 Å². The maximum absolute atomic E-state index is 12.4. The number of aryl methyl sites for hydroxylation is 1. The first-order chi connectivity index (χ1) is 10.6. The Bertz CT molecular complexity index is 699.